The van der Waals surface area contributed by atoms with Gasteiger partial charge in [-0.05, 0) is 75.9 Å². The van der Waals surface area contributed by atoms with Crippen molar-refractivity contribution in [2.24, 2.45) is 0 Å². The highest BCUT2D eigenvalue weighted by Crippen LogP contribution is 2.39. The molecule has 5 heteroatoms. The van der Waals surface area contributed by atoms with Gasteiger partial charge in [-0.25, -0.2) is 4.39 Å². The standard InChI is InChI=1S/C21H30FN3O/c22-17-7-9-18(10-8-17)23-19-6-5-13-24(16-19)20(26)21(11-1-2-12-21)25-14-3-4-15-25/h7-10,19,23H,1-6,11-16H2/t19-/m0/s1. The number of anilines is 1. The summed E-state index contributed by atoms with van der Waals surface area (Å²) in [6.45, 7) is 3.79. The maximum absolute atomic E-state index is 13.6. The average Bonchev–Trinajstić information content (AvgIpc) is 3.35. The number of nitrogens with one attached hydrogen (secondary N) is 1. The van der Waals surface area contributed by atoms with Gasteiger partial charge in [0, 0.05) is 24.8 Å². The molecule has 1 aliphatic carbocycles. The summed E-state index contributed by atoms with van der Waals surface area (Å²) in [4.78, 5) is 18.1. The van der Waals surface area contributed by atoms with Gasteiger partial charge in [0.25, 0.3) is 0 Å². The van der Waals surface area contributed by atoms with E-state index < -0.39 is 0 Å². The first-order valence-electron chi connectivity index (χ1n) is 10.2. The number of hydrogen-bond acceptors (Lipinski definition) is 3. The minimum Gasteiger partial charge on any atom is -0.381 e. The highest BCUT2D eigenvalue weighted by Gasteiger charge is 2.49. The van der Waals surface area contributed by atoms with Crippen LogP contribution in [0.3, 0.4) is 0 Å². The van der Waals surface area contributed by atoms with Gasteiger partial charge in [-0.2, -0.15) is 0 Å². The molecule has 142 valence electrons. The van der Waals surface area contributed by atoms with Crippen LogP contribution in [0.5, 0.6) is 0 Å². The van der Waals surface area contributed by atoms with Gasteiger partial charge in [-0.3, -0.25) is 9.69 Å². The molecule has 1 N–H and O–H groups in total. The first kappa shape index (κ1) is 17.8. The van der Waals surface area contributed by atoms with E-state index in [4.69, 9.17) is 0 Å². The van der Waals surface area contributed by atoms with Crippen LogP contribution in [0.15, 0.2) is 24.3 Å². The highest BCUT2D eigenvalue weighted by molar-refractivity contribution is 5.87. The zero-order chi connectivity index (χ0) is 18.0. The van der Waals surface area contributed by atoms with E-state index in [1.807, 2.05) is 0 Å². The van der Waals surface area contributed by atoms with Crippen molar-refractivity contribution < 1.29 is 9.18 Å². The Morgan fingerprint density at radius 1 is 1.00 bits per heavy atom. The molecule has 0 unspecified atom stereocenters. The first-order valence-corrected chi connectivity index (χ1v) is 10.2. The highest BCUT2D eigenvalue weighted by atomic mass is 19.1. The molecule has 3 aliphatic rings. The van der Waals surface area contributed by atoms with E-state index in [0.29, 0.717) is 5.91 Å². The molecule has 2 aliphatic heterocycles. The molecule has 3 fully saturated rings. The van der Waals surface area contributed by atoms with Gasteiger partial charge in [0.15, 0.2) is 0 Å². The number of likely N-dealkylation sites (tertiary alicyclic amines) is 2. The molecule has 26 heavy (non-hydrogen) atoms. The normalized spacial score (nSPS) is 26.2. The smallest absolute Gasteiger partial charge is 0.243 e. The van der Waals surface area contributed by atoms with Crippen LogP contribution in [0.4, 0.5) is 10.1 Å². The Hall–Kier alpha value is -1.62. The number of benzene rings is 1. The molecule has 1 aromatic rings. The Morgan fingerprint density at radius 3 is 2.38 bits per heavy atom. The van der Waals surface area contributed by atoms with Gasteiger partial charge in [-0.1, -0.05) is 12.8 Å². The molecule has 1 aromatic carbocycles. The second kappa shape index (κ2) is 7.55. The second-order valence-electron chi connectivity index (χ2n) is 8.17. The topological polar surface area (TPSA) is 35.6 Å². The van der Waals surface area contributed by atoms with E-state index in [9.17, 15) is 9.18 Å². The van der Waals surface area contributed by atoms with Gasteiger partial charge < -0.3 is 10.2 Å². The van der Waals surface area contributed by atoms with E-state index in [1.165, 1.54) is 37.8 Å². The van der Waals surface area contributed by atoms with Gasteiger partial charge in [-0.15, -0.1) is 0 Å². The summed E-state index contributed by atoms with van der Waals surface area (Å²) < 4.78 is 13.1. The Kier molecular flexibility index (Phi) is 5.16. The minimum atomic E-state index is -0.228. The van der Waals surface area contributed by atoms with Crippen molar-refractivity contribution in [3.63, 3.8) is 0 Å². The minimum absolute atomic E-state index is 0.218. The first-order chi connectivity index (χ1) is 12.7. The Balaban J connectivity index is 1.44. The van der Waals surface area contributed by atoms with E-state index in [-0.39, 0.29) is 17.4 Å². The number of nitrogens with zero attached hydrogens (tertiary/aromatic N) is 2. The number of rotatable bonds is 4. The van der Waals surface area contributed by atoms with Gasteiger partial charge in [0.2, 0.25) is 5.91 Å². The molecule has 4 rings (SSSR count). The van der Waals surface area contributed by atoms with Crippen LogP contribution in [0, 0.1) is 5.82 Å². The monoisotopic (exact) mass is 359 g/mol. The molecular formula is C21H30FN3O. The van der Waals surface area contributed by atoms with Crippen LogP contribution < -0.4 is 5.32 Å². The lowest BCUT2D eigenvalue weighted by Gasteiger charge is -2.43. The molecule has 0 bridgehead atoms. The molecular weight excluding hydrogens is 329 g/mol. The predicted octanol–water partition coefficient (Wildman–Crippen LogP) is 3.64. The predicted molar refractivity (Wildman–Crippen MR) is 102 cm³/mol. The lowest BCUT2D eigenvalue weighted by Crippen LogP contribution is -2.59. The van der Waals surface area contributed by atoms with E-state index >= 15 is 0 Å². The van der Waals surface area contributed by atoms with Crippen LogP contribution in [-0.2, 0) is 4.79 Å². The van der Waals surface area contributed by atoms with E-state index in [2.05, 4.69) is 15.1 Å². The van der Waals surface area contributed by atoms with Crippen LogP contribution >= 0.6 is 0 Å². The number of hydrogen-bond donors (Lipinski definition) is 1. The summed E-state index contributed by atoms with van der Waals surface area (Å²) in [7, 11) is 0. The van der Waals surface area contributed by atoms with Gasteiger partial charge in [0.1, 0.15) is 11.4 Å². The molecule has 4 nitrogen and oxygen atoms in total. The van der Waals surface area contributed by atoms with Crippen LogP contribution in [-0.4, -0.2) is 53.5 Å². The van der Waals surface area contributed by atoms with Crippen LogP contribution in [0.25, 0.3) is 0 Å². The summed E-state index contributed by atoms with van der Waals surface area (Å²) in [5, 5.41) is 3.49. The Bertz CT molecular complexity index is 621. The average molecular weight is 359 g/mol. The van der Waals surface area contributed by atoms with Gasteiger partial charge in [0.05, 0.1) is 0 Å². The zero-order valence-electron chi connectivity index (χ0n) is 15.6. The lowest BCUT2D eigenvalue weighted by molar-refractivity contribution is -0.145. The maximum Gasteiger partial charge on any atom is 0.243 e. The fourth-order valence-electron chi connectivity index (χ4n) is 5.13. The van der Waals surface area contributed by atoms with Crippen molar-refractivity contribution in [2.75, 3.05) is 31.5 Å². The maximum atomic E-state index is 13.6. The van der Waals surface area contributed by atoms with Crippen molar-refractivity contribution in [3.05, 3.63) is 30.1 Å². The Labute approximate surface area is 155 Å². The summed E-state index contributed by atoms with van der Waals surface area (Å²) in [6.07, 6.45) is 8.93. The SMILES string of the molecule is O=C(N1CCC[C@H](Nc2ccc(F)cc2)C1)C1(N2CCCC2)CCCC1. The molecule has 0 radical (unpaired) electrons. The van der Waals surface area contributed by atoms with E-state index in [0.717, 1.165) is 57.5 Å². The van der Waals surface area contributed by atoms with Crippen LogP contribution in [0.2, 0.25) is 0 Å². The summed E-state index contributed by atoms with van der Waals surface area (Å²) in [5.41, 5.74) is 0.703. The van der Waals surface area contributed by atoms with Crippen molar-refractivity contribution >= 4 is 11.6 Å². The third-order valence-electron chi connectivity index (χ3n) is 6.46. The second-order valence-corrected chi connectivity index (χ2v) is 8.17. The third-order valence-corrected chi connectivity index (χ3v) is 6.46. The largest absolute Gasteiger partial charge is 0.381 e. The van der Waals surface area contributed by atoms with Gasteiger partial charge >= 0.3 is 0 Å². The van der Waals surface area contributed by atoms with Crippen LogP contribution in [0.1, 0.15) is 51.4 Å². The van der Waals surface area contributed by atoms with Crippen molar-refractivity contribution in [1.82, 2.24) is 9.80 Å². The van der Waals surface area contributed by atoms with Crippen molar-refractivity contribution in [1.29, 1.82) is 0 Å². The molecule has 0 aromatic heterocycles. The molecule has 1 saturated carbocycles. The fourth-order valence-corrected chi connectivity index (χ4v) is 5.13. The number of amides is 1. The van der Waals surface area contributed by atoms with Crippen molar-refractivity contribution in [3.8, 4) is 0 Å². The zero-order valence-corrected chi connectivity index (χ0v) is 15.6. The summed E-state index contributed by atoms with van der Waals surface area (Å²) >= 11 is 0. The Morgan fingerprint density at radius 2 is 1.69 bits per heavy atom. The number of halogens is 1. The molecule has 1 amide bonds. The number of piperidine rings is 1. The lowest BCUT2D eigenvalue weighted by atomic mass is 9.91. The molecule has 1 atom stereocenters. The quantitative estimate of drug-likeness (QED) is 0.892. The number of carbonyl (C=O) groups is 1. The molecule has 2 heterocycles. The van der Waals surface area contributed by atoms with Crippen molar-refractivity contribution in [2.45, 2.75) is 62.9 Å². The molecule has 2 saturated heterocycles. The summed E-state index contributed by atoms with van der Waals surface area (Å²) in [5.74, 6) is 0.146. The number of carbonyl (C=O) groups excluding carboxylic acids is 1. The molecule has 0 spiro atoms. The van der Waals surface area contributed by atoms with E-state index in [1.54, 1.807) is 12.1 Å². The fraction of sp³-hybridized carbons (Fsp3) is 0.667. The third kappa shape index (κ3) is 3.46. The summed E-state index contributed by atoms with van der Waals surface area (Å²) in [6, 6.07) is 6.76.